The number of hydrogen-bond acceptors (Lipinski definition) is 7. The van der Waals surface area contributed by atoms with Crippen molar-refractivity contribution in [3.63, 3.8) is 0 Å². The molecule has 2 N–H and O–H groups in total. The third-order valence-corrected chi connectivity index (χ3v) is 8.04. The summed E-state index contributed by atoms with van der Waals surface area (Å²) >= 11 is 0. The third kappa shape index (κ3) is 6.13. The van der Waals surface area contributed by atoms with Gasteiger partial charge in [-0.15, -0.1) is 0 Å². The minimum Gasteiger partial charge on any atom is -0.393 e. The zero-order valence-electron chi connectivity index (χ0n) is 22.7. The number of hydrogen-bond donors (Lipinski definition) is 2. The molecule has 8 heteroatoms. The molecule has 37 heavy (non-hydrogen) atoms. The highest BCUT2D eigenvalue weighted by Gasteiger charge is 2.26. The lowest BCUT2D eigenvalue weighted by Crippen LogP contribution is -2.48. The van der Waals surface area contributed by atoms with E-state index in [2.05, 4.69) is 69.8 Å². The largest absolute Gasteiger partial charge is 0.393 e. The van der Waals surface area contributed by atoms with E-state index in [4.69, 9.17) is 10.1 Å². The molecular formula is C29H43N7O. The smallest absolute Gasteiger partial charge is 0.224 e. The molecule has 2 fully saturated rings. The second-order valence-corrected chi connectivity index (χ2v) is 11.1. The van der Waals surface area contributed by atoms with Gasteiger partial charge in [0.05, 0.1) is 17.5 Å². The van der Waals surface area contributed by atoms with Crippen LogP contribution >= 0.6 is 0 Å². The number of aromatic nitrogens is 4. The SMILES string of the molecule is CCCCNc1ncc2c(-c3ccc(CN4CCN(C(C)C)CC4)cc3)nn(C3CCC(O)CC3)c2n1. The summed E-state index contributed by atoms with van der Waals surface area (Å²) in [5.41, 5.74) is 4.27. The molecule has 0 spiro atoms. The Morgan fingerprint density at radius 1 is 1.03 bits per heavy atom. The van der Waals surface area contributed by atoms with E-state index < -0.39 is 0 Å². The molecule has 1 saturated heterocycles. The van der Waals surface area contributed by atoms with Gasteiger partial charge in [0.25, 0.3) is 0 Å². The predicted molar refractivity (Wildman–Crippen MR) is 150 cm³/mol. The molecule has 2 aliphatic rings. The molecule has 1 aliphatic carbocycles. The van der Waals surface area contributed by atoms with Crippen molar-refractivity contribution in [2.45, 2.75) is 84.0 Å². The van der Waals surface area contributed by atoms with E-state index in [-0.39, 0.29) is 12.1 Å². The van der Waals surface area contributed by atoms with E-state index in [1.54, 1.807) is 0 Å². The molecule has 1 saturated carbocycles. The molecule has 3 heterocycles. The number of nitrogens with one attached hydrogen (secondary N) is 1. The fourth-order valence-electron chi connectivity index (χ4n) is 5.62. The van der Waals surface area contributed by atoms with Crippen LogP contribution in [0.2, 0.25) is 0 Å². The first-order valence-corrected chi connectivity index (χ1v) is 14.2. The van der Waals surface area contributed by atoms with Crippen LogP contribution in [0.1, 0.15) is 70.9 Å². The Hall–Kier alpha value is -2.55. The Kier molecular flexibility index (Phi) is 8.37. The number of rotatable bonds is 9. The van der Waals surface area contributed by atoms with Gasteiger partial charge in [-0.1, -0.05) is 37.6 Å². The van der Waals surface area contributed by atoms with Crippen molar-refractivity contribution in [1.29, 1.82) is 0 Å². The van der Waals surface area contributed by atoms with E-state index in [0.717, 1.165) is 100 Å². The number of unbranched alkanes of at least 4 members (excludes halogenated alkanes) is 1. The molecular weight excluding hydrogens is 462 g/mol. The first-order valence-electron chi connectivity index (χ1n) is 14.2. The van der Waals surface area contributed by atoms with Crippen molar-refractivity contribution in [2.24, 2.45) is 0 Å². The average Bonchev–Trinajstić information content (AvgIpc) is 3.29. The molecule has 0 radical (unpaired) electrons. The summed E-state index contributed by atoms with van der Waals surface area (Å²) in [4.78, 5) is 14.6. The zero-order valence-corrected chi connectivity index (χ0v) is 22.7. The second-order valence-electron chi connectivity index (χ2n) is 11.1. The van der Waals surface area contributed by atoms with E-state index >= 15 is 0 Å². The number of aliphatic hydroxyl groups is 1. The van der Waals surface area contributed by atoms with Crippen molar-refractivity contribution in [2.75, 3.05) is 38.0 Å². The van der Waals surface area contributed by atoms with Gasteiger partial charge in [0.15, 0.2) is 5.65 Å². The standard InChI is InChI=1S/C29H43N7O/c1-4-5-14-30-29-31-19-26-27(33-36(28(26)32-29)24-10-12-25(37)13-11-24)23-8-6-22(7-9-23)20-34-15-17-35(18-16-34)21(2)3/h6-9,19,21,24-25,37H,4-5,10-18,20H2,1-3H3,(H,30,31,32). The Labute approximate surface area is 221 Å². The Morgan fingerprint density at radius 3 is 2.43 bits per heavy atom. The lowest BCUT2D eigenvalue weighted by molar-refractivity contribution is 0.104. The van der Waals surface area contributed by atoms with E-state index in [0.29, 0.717) is 12.0 Å². The Bertz CT molecular complexity index is 1140. The maximum absolute atomic E-state index is 10.0. The third-order valence-electron chi connectivity index (χ3n) is 8.04. The summed E-state index contributed by atoms with van der Waals surface area (Å²) in [6, 6.07) is 9.76. The number of benzene rings is 1. The van der Waals surface area contributed by atoms with E-state index in [9.17, 15) is 5.11 Å². The molecule has 200 valence electrons. The fraction of sp³-hybridized carbons (Fsp3) is 0.621. The van der Waals surface area contributed by atoms with Crippen molar-refractivity contribution >= 4 is 17.0 Å². The topological polar surface area (TPSA) is 82.3 Å². The van der Waals surface area contributed by atoms with Crippen LogP contribution in [0.5, 0.6) is 0 Å². The second kappa shape index (κ2) is 11.9. The fourth-order valence-corrected chi connectivity index (χ4v) is 5.62. The summed E-state index contributed by atoms with van der Waals surface area (Å²) in [5, 5.41) is 19.5. The van der Waals surface area contributed by atoms with Crippen LogP contribution in [-0.4, -0.2) is 79.5 Å². The quantitative estimate of drug-likeness (QED) is 0.408. The van der Waals surface area contributed by atoms with Crippen LogP contribution in [-0.2, 0) is 6.54 Å². The van der Waals surface area contributed by atoms with Gasteiger partial charge in [-0.25, -0.2) is 9.67 Å². The Balaban J connectivity index is 1.37. The Morgan fingerprint density at radius 2 is 1.76 bits per heavy atom. The molecule has 5 rings (SSSR count). The molecule has 3 aromatic rings. The number of nitrogens with zero attached hydrogens (tertiary/aromatic N) is 6. The summed E-state index contributed by atoms with van der Waals surface area (Å²) < 4.78 is 2.10. The molecule has 0 bridgehead atoms. The zero-order chi connectivity index (χ0) is 25.8. The molecule has 2 aromatic heterocycles. The van der Waals surface area contributed by atoms with Crippen LogP contribution in [0, 0.1) is 0 Å². The van der Waals surface area contributed by atoms with Gasteiger partial charge in [-0.05, 0) is 51.5 Å². The highest BCUT2D eigenvalue weighted by Crippen LogP contribution is 2.34. The van der Waals surface area contributed by atoms with Crippen LogP contribution in [0.4, 0.5) is 5.95 Å². The average molecular weight is 506 g/mol. The van der Waals surface area contributed by atoms with Crippen molar-refractivity contribution in [3.8, 4) is 11.3 Å². The maximum Gasteiger partial charge on any atom is 0.224 e. The summed E-state index contributed by atoms with van der Waals surface area (Å²) in [7, 11) is 0. The number of piperazine rings is 1. The van der Waals surface area contributed by atoms with Crippen molar-refractivity contribution in [3.05, 3.63) is 36.0 Å². The normalized spacial score (nSPS) is 21.6. The van der Waals surface area contributed by atoms with Crippen LogP contribution in [0.3, 0.4) is 0 Å². The van der Waals surface area contributed by atoms with E-state index in [1.165, 1.54) is 5.56 Å². The van der Waals surface area contributed by atoms with Crippen LogP contribution in [0.15, 0.2) is 30.5 Å². The maximum atomic E-state index is 10.0. The van der Waals surface area contributed by atoms with Gasteiger partial charge >= 0.3 is 0 Å². The summed E-state index contributed by atoms with van der Waals surface area (Å²) in [5.74, 6) is 0.664. The van der Waals surface area contributed by atoms with Crippen molar-refractivity contribution in [1.82, 2.24) is 29.5 Å². The molecule has 1 aliphatic heterocycles. The highest BCUT2D eigenvalue weighted by atomic mass is 16.3. The van der Waals surface area contributed by atoms with Gasteiger partial charge in [0.1, 0.15) is 5.69 Å². The van der Waals surface area contributed by atoms with Gasteiger partial charge in [-0.2, -0.15) is 10.1 Å². The number of fused-ring (bicyclic) bond motifs is 1. The lowest BCUT2D eigenvalue weighted by Gasteiger charge is -2.36. The minimum absolute atomic E-state index is 0.195. The molecule has 0 unspecified atom stereocenters. The predicted octanol–water partition coefficient (Wildman–Crippen LogP) is 4.71. The number of aliphatic hydroxyl groups excluding tert-OH is 1. The molecule has 8 nitrogen and oxygen atoms in total. The summed E-state index contributed by atoms with van der Waals surface area (Å²) in [6.45, 7) is 13.1. The monoisotopic (exact) mass is 505 g/mol. The minimum atomic E-state index is -0.195. The van der Waals surface area contributed by atoms with Gasteiger partial charge in [-0.3, -0.25) is 9.80 Å². The van der Waals surface area contributed by atoms with Gasteiger partial charge < -0.3 is 10.4 Å². The number of anilines is 1. The molecule has 0 amide bonds. The molecule has 1 aromatic carbocycles. The lowest BCUT2D eigenvalue weighted by atomic mass is 9.93. The van der Waals surface area contributed by atoms with Crippen LogP contribution < -0.4 is 5.32 Å². The first-order chi connectivity index (χ1) is 18.0. The van der Waals surface area contributed by atoms with Gasteiger partial charge in [0, 0.05) is 57.1 Å². The summed E-state index contributed by atoms with van der Waals surface area (Å²) in [6.07, 6.45) is 7.42. The van der Waals surface area contributed by atoms with Gasteiger partial charge in [0.2, 0.25) is 5.95 Å². The molecule has 0 atom stereocenters. The van der Waals surface area contributed by atoms with E-state index in [1.807, 2.05) is 6.20 Å². The highest BCUT2D eigenvalue weighted by molar-refractivity contribution is 5.91. The van der Waals surface area contributed by atoms with Crippen LogP contribution in [0.25, 0.3) is 22.3 Å². The first kappa shape index (κ1) is 26.1. The van der Waals surface area contributed by atoms with Crippen molar-refractivity contribution < 1.29 is 5.11 Å².